The highest BCUT2D eigenvalue weighted by Crippen LogP contribution is 2.30. The third-order valence-corrected chi connectivity index (χ3v) is 3.18. The molecule has 96 valence electrons. The summed E-state index contributed by atoms with van der Waals surface area (Å²) >= 11 is 0. The zero-order valence-electron chi connectivity index (χ0n) is 10.5. The summed E-state index contributed by atoms with van der Waals surface area (Å²) in [6.07, 6.45) is 0. The van der Waals surface area contributed by atoms with Gasteiger partial charge < -0.3 is 14.1 Å². The van der Waals surface area contributed by atoms with Crippen molar-refractivity contribution in [2.24, 2.45) is 0 Å². The van der Waals surface area contributed by atoms with Gasteiger partial charge in [-0.1, -0.05) is 30.3 Å². The van der Waals surface area contributed by atoms with Gasteiger partial charge in [-0.2, -0.15) is 0 Å². The van der Waals surface area contributed by atoms with Crippen LogP contribution in [0.2, 0.25) is 0 Å². The summed E-state index contributed by atoms with van der Waals surface area (Å²) in [4.78, 5) is 11.1. The molecule has 3 aromatic rings. The smallest absolute Gasteiger partial charge is 0.352 e. The topological polar surface area (TPSA) is 55.4 Å². The van der Waals surface area contributed by atoms with Crippen molar-refractivity contribution in [1.82, 2.24) is 4.57 Å². The molecule has 1 N–H and O–H groups in total. The molecular formula is C15H13NO3. The van der Waals surface area contributed by atoms with E-state index >= 15 is 0 Å². The van der Waals surface area contributed by atoms with Crippen molar-refractivity contribution in [2.75, 3.05) is 0 Å². The van der Waals surface area contributed by atoms with E-state index in [1.54, 1.807) is 10.6 Å². The number of hydrogen-bond donors (Lipinski definition) is 1. The molecule has 0 aliphatic rings. The predicted molar refractivity (Wildman–Crippen MR) is 72.3 cm³/mol. The van der Waals surface area contributed by atoms with Crippen molar-refractivity contribution < 1.29 is 14.3 Å². The van der Waals surface area contributed by atoms with Crippen molar-refractivity contribution in [3.8, 4) is 11.3 Å². The molecule has 2 aromatic heterocycles. The number of carboxylic acid groups (broad SMARTS) is 1. The van der Waals surface area contributed by atoms with Crippen molar-refractivity contribution in [1.29, 1.82) is 0 Å². The maximum atomic E-state index is 11.1. The van der Waals surface area contributed by atoms with Crippen LogP contribution in [-0.4, -0.2) is 15.6 Å². The lowest BCUT2D eigenvalue weighted by Gasteiger charge is -2.01. The van der Waals surface area contributed by atoms with Crippen LogP contribution in [0.4, 0.5) is 0 Å². The van der Waals surface area contributed by atoms with Gasteiger partial charge in [-0.3, -0.25) is 0 Å². The lowest BCUT2D eigenvalue weighted by atomic mass is 10.2. The fraction of sp³-hybridized carbons (Fsp3) is 0.133. The molecule has 3 rings (SSSR count). The number of carbonyl (C=O) groups is 1. The summed E-state index contributed by atoms with van der Waals surface area (Å²) in [6.45, 7) is 2.51. The predicted octanol–water partition coefficient (Wildman–Crippen LogP) is 3.62. The molecule has 1 aromatic carbocycles. The van der Waals surface area contributed by atoms with Gasteiger partial charge in [0.05, 0.1) is 5.52 Å². The second kappa shape index (κ2) is 4.31. The van der Waals surface area contributed by atoms with E-state index in [0.717, 1.165) is 16.8 Å². The van der Waals surface area contributed by atoms with Crippen LogP contribution >= 0.6 is 0 Å². The van der Waals surface area contributed by atoms with Gasteiger partial charge in [-0.25, -0.2) is 4.79 Å². The van der Waals surface area contributed by atoms with Gasteiger partial charge in [-0.05, 0) is 6.92 Å². The van der Waals surface area contributed by atoms with Gasteiger partial charge in [0.2, 0.25) is 0 Å². The molecule has 0 aliphatic carbocycles. The molecule has 0 saturated heterocycles. The normalized spacial score (nSPS) is 11.0. The van der Waals surface area contributed by atoms with Crippen LogP contribution in [0.5, 0.6) is 0 Å². The number of aromatic nitrogens is 1. The monoisotopic (exact) mass is 255 g/mol. The van der Waals surface area contributed by atoms with E-state index < -0.39 is 5.97 Å². The third kappa shape index (κ3) is 1.81. The van der Waals surface area contributed by atoms with Crippen molar-refractivity contribution in [3.63, 3.8) is 0 Å². The first kappa shape index (κ1) is 11.6. The summed E-state index contributed by atoms with van der Waals surface area (Å²) in [6, 6.07) is 13.2. The SMILES string of the molecule is CCn1c(C(=O)O)cc2oc(-c3ccccc3)cc21. The average molecular weight is 255 g/mol. The number of furan rings is 1. The molecule has 0 aliphatic heterocycles. The van der Waals surface area contributed by atoms with E-state index in [0.29, 0.717) is 12.1 Å². The molecule has 0 atom stereocenters. The fourth-order valence-corrected chi connectivity index (χ4v) is 2.30. The number of aryl methyl sites for hydroxylation is 1. The zero-order valence-corrected chi connectivity index (χ0v) is 10.5. The first-order chi connectivity index (χ1) is 9.20. The maximum absolute atomic E-state index is 11.1. The molecule has 2 heterocycles. The Balaban J connectivity index is 2.18. The Hall–Kier alpha value is -2.49. The van der Waals surface area contributed by atoms with Crippen LogP contribution in [0.3, 0.4) is 0 Å². The lowest BCUT2D eigenvalue weighted by Crippen LogP contribution is -2.06. The molecule has 0 fully saturated rings. The van der Waals surface area contributed by atoms with Crippen LogP contribution in [-0.2, 0) is 6.54 Å². The minimum atomic E-state index is -0.936. The molecular weight excluding hydrogens is 242 g/mol. The average Bonchev–Trinajstić information content (AvgIpc) is 2.96. The Bertz CT molecular complexity index is 737. The number of nitrogens with zero attached hydrogens (tertiary/aromatic N) is 1. The van der Waals surface area contributed by atoms with E-state index in [-0.39, 0.29) is 5.69 Å². The van der Waals surface area contributed by atoms with Crippen LogP contribution in [0.25, 0.3) is 22.4 Å². The molecule has 4 nitrogen and oxygen atoms in total. The van der Waals surface area contributed by atoms with E-state index in [4.69, 9.17) is 9.52 Å². The van der Waals surface area contributed by atoms with Gasteiger partial charge in [0.1, 0.15) is 11.5 Å². The van der Waals surface area contributed by atoms with E-state index in [9.17, 15) is 4.79 Å². The third-order valence-electron chi connectivity index (χ3n) is 3.18. The second-order valence-electron chi connectivity index (χ2n) is 4.31. The zero-order chi connectivity index (χ0) is 13.4. The van der Waals surface area contributed by atoms with Crippen molar-refractivity contribution in [3.05, 3.63) is 48.2 Å². The van der Waals surface area contributed by atoms with Crippen LogP contribution in [0, 0.1) is 0 Å². The quantitative estimate of drug-likeness (QED) is 0.777. The fourth-order valence-electron chi connectivity index (χ4n) is 2.30. The number of benzene rings is 1. The van der Waals surface area contributed by atoms with Crippen molar-refractivity contribution in [2.45, 2.75) is 13.5 Å². The van der Waals surface area contributed by atoms with E-state index in [2.05, 4.69) is 0 Å². The highest BCUT2D eigenvalue weighted by Gasteiger charge is 2.17. The van der Waals surface area contributed by atoms with E-state index in [1.807, 2.05) is 43.3 Å². The molecule has 0 spiro atoms. The molecule has 0 unspecified atom stereocenters. The van der Waals surface area contributed by atoms with Gasteiger partial charge in [-0.15, -0.1) is 0 Å². The number of hydrogen-bond acceptors (Lipinski definition) is 2. The summed E-state index contributed by atoms with van der Waals surface area (Å²) in [5.41, 5.74) is 2.67. The Kier molecular flexibility index (Phi) is 2.63. The Morgan fingerprint density at radius 2 is 2.00 bits per heavy atom. The van der Waals surface area contributed by atoms with Crippen LogP contribution in [0.15, 0.2) is 46.9 Å². The number of rotatable bonds is 3. The Morgan fingerprint density at radius 3 is 2.63 bits per heavy atom. The largest absolute Gasteiger partial charge is 0.477 e. The van der Waals surface area contributed by atoms with Gasteiger partial charge in [0, 0.05) is 24.2 Å². The second-order valence-corrected chi connectivity index (χ2v) is 4.31. The van der Waals surface area contributed by atoms with E-state index in [1.165, 1.54) is 0 Å². The van der Waals surface area contributed by atoms with Gasteiger partial charge >= 0.3 is 5.97 Å². The van der Waals surface area contributed by atoms with Gasteiger partial charge in [0.25, 0.3) is 0 Å². The highest BCUT2D eigenvalue weighted by atomic mass is 16.4. The highest BCUT2D eigenvalue weighted by molar-refractivity contribution is 5.94. The minimum Gasteiger partial charge on any atom is -0.477 e. The summed E-state index contributed by atoms with van der Waals surface area (Å²) < 4.78 is 7.49. The molecule has 0 amide bonds. The summed E-state index contributed by atoms with van der Waals surface area (Å²) in [7, 11) is 0. The lowest BCUT2D eigenvalue weighted by molar-refractivity contribution is 0.0686. The van der Waals surface area contributed by atoms with Crippen LogP contribution < -0.4 is 0 Å². The van der Waals surface area contributed by atoms with Crippen LogP contribution in [0.1, 0.15) is 17.4 Å². The Morgan fingerprint density at radius 1 is 1.26 bits per heavy atom. The molecule has 0 bridgehead atoms. The molecule has 19 heavy (non-hydrogen) atoms. The first-order valence-electron chi connectivity index (χ1n) is 6.12. The van der Waals surface area contributed by atoms with Crippen molar-refractivity contribution >= 4 is 17.1 Å². The molecule has 0 radical (unpaired) electrons. The number of fused-ring (bicyclic) bond motifs is 1. The first-order valence-corrected chi connectivity index (χ1v) is 6.12. The minimum absolute atomic E-state index is 0.260. The number of aromatic carboxylic acids is 1. The Labute approximate surface area is 109 Å². The standard InChI is InChI=1S/C15H13NO3/c1-2-16-11-8-13(10-6-4-3-5-7-10)19-14(11)9-12(16)15(17)18/h3-9H,2H2,1H3,(H,17,18). The summed E-state index contributed by atoms with van der Waals surface area (Å²) in [5, 5.41) is 9.14. The molecule has 0 saturated carbocycles. The maximum Gasteiger partial charge on any atom is 0.352 e. The number of carboxylic acids is 1. The summed E-state index contributed by atoms with van der Waals surface area (Å²) in [5.74, 6) is -0.181. The van der Waals surface area contributed by atoms with Gasteiger partial charge in [0.15, 0.2) is 5.58 Å². The molecule has 4 heteroatoms.